The normalized spacial score (nSPS) is 47.3. The molecule has 4 fully saturated rings. The van der Waals surface area contributed by atoms with Gasteiger partial charge in [0.05, 0.1) is 5.60 Å². The van der Waals surface area contributed by atoms with Gasteiger partial charge in [0.1, 0.15) is 18.3 Å². The lowest BCUT2D eigenvalue weighted by Gasteiger charge is -2.62. The van der Waals surface area contributed by atoms with Crippen molar-refractivity contribution >= 4 is 17.9 Å². The van der Waals surface area contributed by atoms with Gasteiger partial charge in [-0.2, -0.15) is 0 Å². The van der Waals surface area contributed by atoms with Crippen molar-refractivity contribution in [3.8, 4) is 0 Å². The third kappa shape index (κ3) is 3.90. The van der Waals surface area contributed by atoms with Crippen LogP contribution in [-0.4, -0.2) is 53.2 Å². The van der Waals surface area contributed by atoms with Gasteiger partial charge in [0.25, 0.3) is 0 Å². The second-order valence-electron chi connectivity index (χ2n) is 12.3. The maximum Gasteiger partial charge on any atom is 0.303 e. The van der Waals surface area contributed by atoms with Crippen LogP contribution in [0.1, 0.15) is 86.0 Å². The quantitative estimate of drug-likeness (QED) is 0.351. The van der Waals surface area contributed by atoms with E-state index in [0.717, 1.165) is 37.7 Å². The van der Waals surface area contributed by atoms with Gasteiger partial charge in [-0.15, -0.1) is 0 Å². The molecule has 0 bridgehead atoms. The molecule has 10 atom stereocenters. The average Bonchev–Trinajstić information content (AvgIpc) is 3.27. The van der Waals surface area contributed by atoms with E-state index >= 15 is 0 Å². The van der Waals surface area contributed by atoms with E-state index in [-0.39, 0.29) is 58.7 Å². The van der Waals surface area contributed by atoms with Crippen LogP contribution < -0.4 is 0 Å². The zero-order chi connectivity index (χ0) is 26.0. The van der Waals surface area contributed by atoms with Crippen molar-refractivity contribution in [1.82, 2.24) is 0 Å². The van der Waals surface area contributed by atoms with Crippen molar-refractivity contribution in [3.63, 3.8) is 0 Å². The molecule has 1 N–H and O–H groups in total. The summed E-state index contributed by atoms with van der Waals surface area (Å²) < 4.78 is 23.9. The monoisotopic (exact) mass is 504 g/mol. The van der Waals surface area contributed by atoms with Gasteiger partial charge in [0.2, 0.25) is 0 Å². The molecule has 0 radical (unpaired) electrons. The van der Waals surface area contributed by atoms with Crippen LogP contribution in [0.2, 0.25) is 0 Å². The minimum absolute atomic E-state index is 0.0384. The number of fused-ring (bicyclic) bond motifs is 6. The Morgan fingerprint density at radius 3 is 2.22 bits per heavy atom. The maximum atomic E-state index is 12.4. The van der Waals surface area contributed by atoms with Crippen LogP contribution in [0.5, 0.6) is 0 Å². The van der Waals surface area contributed by atoms with Gasteiger partial charge in [0, 0.05) is 50.9 Å². The Balaban J connectivity index is 1.60. The van der Waals surface area contributed by atoms with E-state index < -0.39 is 18.0 Å². The first-order valence-electron chi connectivity index (χ1n) is 13.5. The molecule has 1 aliphatic heterocycles. The van der Waals surface area contributed by atoms with Gasteiger partial charge < -0.3 is 24.1 Å². The number of aliphatic hydroxyl groups is 1. The standard InChI is InChI=1S/C28H40O8/c1-15(29)33-19-6-9-26(4)18(12-19)13-21(34-16(2)30)24-20-7-10-28(11-8-23(32)36-28)27(20,5)14-22(25(24)26)35-17(3)31/h13,19-25,32H,6-12,14H2,1-5H3/t19-,20?,21?,22?,23?,24?,25?,26-,27-,28?/m0/s1. The van der Waals surface area contributed by atoms with E-state index in [0.29, 0.717) is 19.3 Å². The fraction of sp³-hybridized carbons (Fsp3) is 0.821. The summed E-state index contributed by atoms with van der Waals surface area (Å²) in [5, 5.41) is 10.3. The van der Waals surface area contributed by atoms with Crippen molar-refractivity contribution in [3.05, 3.63) is 11.6 Å². The van der Waals surface area contributed by atoms with Crippen LogP contribution >= 0.6 is 0 Å². The largest absolute Gasteiger partial charge is 0.462 e. The van der Waals surface area contributed by atoms with Gasteiger partial charge >= 0.3 is 17.9 Å². The van der Waals surface area contributed by atoms with Crippen LogP contribution in [-0.2, 0) is 33.3 Å². The second kappa shape index (κ2) is 8.83. The zero-order valence-corrected chi connectivity index (χ0v) is 22.1. The SMILES string of the molecule is CC(=O)OC1C=C2C[C@@H](OC(C)=O)CC[C@]2(C)C2C(OC(C)=O)C[C@@]3(C)C(CCC34CCC(O)O4)C12. The Morgan fingerprint density at radius 1 is 0.944 bits per heavy atom. The van der Waals surface area contributed by atoms with Gasteiger partial charge in [-0.25, -0.2) is 0 Å². The first kappa shape index (κ1) is 25.7. The molecule has 1 saturated heterocycles. The highest BCUT2D eigenvalue weighted by atomic mass is 16.6. The van der Waals surface area contributed by atoms with Crippen LogP contribution in [0, 0.1) is 28.6 Å². The summed E-state index contributed by atoms with van der Waals surface area (Å²) in [5.41, 5.74) is 0.0407. The van der Waals surface area contributed by atoms with E-state index in [1.165, 1.54) is 20.8 Å². The predicted molar refractivity (Wildman–Crippen MR) is 128 cm³/mol. The topological polar surface area (TPSA) is 108 Å². The van der Waals surface area contributed by atoms with Crippen molar-refractivity contribution in [1.29, 1.82) is 0 Å². The molecule has 0 amide bonds. The minimum atomic E-state index is -0.776. The first-order valence-corrected chi connectivity index (χ1v) is 13.5. The number of hydrogen-bond acceptors (Lipinski definition) is 8. The molecule has 8 heteroatoms. The number of carbonyl (C=O) groups excluding carboxylic acids is 3. The van der Waals surface area contributed by atoms with Gasteiger partial charge in [-0.1, -0.05) is 19.4 Å². The van der Waals surface area contributed by atoms with Gasteiger partial charge in [-0.05, 0) is 55.9 Å². The van der Waals surface area contributed by atoms with E-state index in [4.69, 9.17) is 18.9 Å². The molecule has 3 saturated carbocycles. The molecule has 5 aliphatic rings. The first-order chi connectivity index (χ1) is 16.9. The van der Waals surface area contributed by atoms with Crippen LogP contribution in [0.25, 0.3) is 0 Å². The predicted octanol–water partition coefficient (Wildman–Crippen LogP) is 3.83. The molecule has 36 heavy (non-hydrogen) atoms. The lowest BCUT2D eigenvalue weighted by molar-refractivity contribution is -0.228. The Kier molecular flexibility index (Phi) is 6.30. The fourth-order valence-electron chi connectivity index (χ4n) is 9.05. The zero-order valence-electron chi connectivity index (χ0n) is 22.1. The summed E-state index contributed by atoms with van der Waals surface area (Å²) in [5.74, 6) is -0.860. The molecule has 200 valence electrons. The molecule has 8 nitrogen and oxygen atoms in total. The number of carbonyl (C=O) groups is 3. The van der Waals surface area contributed by atoms with Crippen LogP contribution in [0.3, 0.4) is 0 Å². The van der Waals surface area contributed by atoms with E-state index in [1.807, 2.05) is 0 Å². The molecular formula is C28H40O8. The summed E-state index contributed by atoms with van der Waals surface area (Å²) >= 11 is 0. The van der Waals surface area contributed by atoms with Gasteiger partial charge in [0.15, 0.2) is 6.29 Å². The maximum absolute atomic E-state index is 12.4. The number of ether oxygens (including phenoxy) is 4. The van der Waals surface area contributed by atoms with E-state index in [9.17, 15) is 19.5 Å². The fourth-order valence-corrected chi connectivity index (χ4v) is 9.05. The van der Waals surface area contributed by atoms with E-state index in [2.05, 4.69) is 19.9 Å². The third-order valence-electron chi connectivity index (χ3n) is 10.4. The number of esters is 3. The minimum Gasteiger partial charge on any atom is -0.462 e. The third-order valence-corrected chi connectivity index (χ3v) is 10.4. The molecule has 0 aromatic heterocycles. The lowest BCUT2D eigenvalue weighted by Crippen LogP contribution is -2.63. The molecule has 0 aromatic rings. The Morgan fingerprint density at radius 2 is 1.61 bits per heavy atom. The molecule has 1 heterocycles. The molecule has 5 rings (SSSR count). The Bertz CT molecular complexity index is 975. The van der Waals surface area contributed by atoms with Gasteiger partial charge in [-0.3, -0.25) is 14.4 Å². The van der Waals surface area contributed by atoms with Crippen molar-refractivity contribution in [2.45, 2.75) is 116 Å². The van der Waals surface area contributed by atoms with Crippen molar-refractivity contribution < 1.29 is 38.4 Å². The summed E-state index contributed by atoms with van der Waals surface area (Å²) in [4.78, 5) is 36.4. The molecule has 7 unspecified atom stereocenters. The average molecular weight is 505 g/mol. The molecule has 4 aliphatic carbocycles. The Hall–Kier alpha value is -1.93. The number of aliphatic hydroxyl groups excluding tert-OH is 1. The summed E-state index contributed by atoms with van der Waals surface area (Å²) in [6.07, 6.45) is 6.16. The van der Waals surface area contributed by atoms with Crippen molar-refractivity contribution in [2.75, 3.05) is 0 Å². The molecule has 1 spiro atoms. The molecule has 0 aromatic carbocycles. The lowest BCUT2D eigenvalue weighted by atomic mass is 9.45. The summed E-state index contributed by atoms with van der Waals surface area (Å²) in [6.45, 7) is 8.77. The number of hydrogen-bond donors (Lipinski definition) is 1. The van der Waals surface area contributed by atoms with Crippen molar-refractivity contribution in [2.24, 2.45) is 28.6 Å². The summed E-state index contributed by atoms with van der Waals surface area (Å²) in [6, 6.07) is 0. The van der Waals surface area contributed by atoms with E-state index in [1.54, 1.807) is 0 Å². The smallest absolute Gasteiger partial charge is 0.303 e. The highest BCUT2D eigenvalue weighted by Gasteiger charge is 2.70. The van der Waals surface area contributed by atoms with Crippen LogP contribution in [0.15, 0.2) is 11.6 Å². The second-order valence-corrected chi connectivity index (χ2v) is 12.3. The highest BCUT2D eigenvalue weighted by molar-refractivity contribution is 5.67. The Labute approximate surface area is 213 Å². The highest BCUT2D eigenvalue weighted by Crippen LogP contribution is 2.70. The van der Waals surface area contributed by atoms with Crippen LogP contribution in [0.4, 0.5) is 0 Å². The molecular weight excluding hydrogens is 464 g/mol. The summed E-state index contributed by atoms with van der Waals surface area (Å²) in [7, 11) is 0. The number of rotatable bonds is 3.